The van der Waals surface area contributed by atoms with Crippen molar-refractivity contribution >= 4 is 34.6 Å². The standard InChI is InChI=1S/C15H17ClN4O3/c16-3-8-23-15(22)20-6-4-19(5-7-20)14(21)11-1-2-12-13(9-11)18-10-17-12/h1-2,9-10H,3-8H2,(H,17,18). The van der Waals surface area contributed by atoms with E-state index in [1.54, 1.807) is 28.3 Å². The predicted molar refractivity (Wildman–Crippen MR) is 85.6 cm³/mol. The number of carbonyl (C=O) groups excluding carboxylic acids is 2. The Morgan fingerprint density at radius 1 is 1.22 bits per heavy atom. The van der Waals surface area contributed by atoms with Gasteiger partial charge in [0.2, 0.25) is 0 Å². The zero-order chi connectivity index (χ0) is 16.2. The van der Waals surface area contributed by atoms with Crippen molar-refractivity contribution in [1.82, 2.24) is 19.8 Å². The summed E-state index contributed by atoms with van der Waals surface area (Å²) >= 11 is 5.49. The molecule has 2 heterocycles. The van der Waals surface area contributed by atoms with E-state index in [-0.39, 0.29) is 24.5 Å². The molecule has 1 N–H and O–H groups in total. The fraction of sp³-hybridized carbons (Fsp3) is 0.400. The summed E-state index contributed by atoms with van der Waals surface area (Å²) in [6, 6.07) is 5.39. The molecule has 0 unspecified atom stereocenters. The monoisotopic (exact) mass is 336 g/mol. The van der Waals surface area contributed by atoms with Crippen LogP contribution in [-0.2, 0) is 4.74 Å². The van der Waals surface area contributed by atoms with Gasteiger partial charge in [-0.2, -0.15) is 0 Å². The van der Waals surface area contributed by atoms with Crippen LogP contribution in [0.1, 0.15) is 10.4 Å². The van der Waals surface area contributed by atoms with Crippen LogP contribution in [0.2, 0.25) is 0 Å². The highest BCUT2D eigenvalue weighted by atomic mass is 35.5. The molecule has 0 atom stereocenters. The molecule has 1 aromatic heterocycles. The highest BCUT2D eigenvalue weighted by molar-refractivity contribution is 6.18. The van der Waals surface area contributed by atoms with E-state index in [0.29, 0.717) is 31.7 Å². The number of hydrogen-bond acceptors (Lipinski definition) is 4. The molecular formula is C15H17ClN4O3. The van der Waals surface area contributed by atoms with E-state index >= 15 is 0 Å². The predicted octanol–water partition coefficient (Wildman–Crippen LogP) is 1.70. The fourth-order valence-electron chi connectivity index (χ4n) is 2.56. The summed E-state index contributed by atoms with van der Waals surface area (Å²) in [6.07, 6.45) is 1.22. The minimum atomic E-state index is -0.378. The molecule has 1 aliphatic heterocycles. The van der Waals surface area contributed by atoms with Gasteiger partial charge in [-0.05, 0) is 18.2 Å². The second-order valence-electron chi connectivity index (χ2n) is 5.22. The second kappa shape index (κ2) is 6.87. The van der Waals surface area contributed by atoms with E-state index in [1.807, 2.05) is 6.07 Å². The molecule has 1 saturated heterocycles. The molecule has 7 nitrogen and oxygen atoms in total. The smallest absolute Gasteiger partial charge is 0.409 e. The minimum Gasteiger partial charge on any atom is -0.448 e. The van der Waals surface area contributed by atoms with Gasteiger partial charge in [0.15, 0.2) is 0 Å². The maximum absolute atomic E-state index is 12.6. The van der Waals surface area contributed by atoms with E-state index in [1.165, 1.54) is 0 Å². The first-order valence-corrected chi connectivity index (χ1v) is 7.92. The van der Waals surface area contributed by atoms with Crippen LogP contribution in [0.4, 0.5) is 4.79 Å². The van der Waals surface area contributed by atoms with Gasteiger partial charge in [-0.25, -0.2) is 9.78 Å². The number of amides is 2. The molecule has 122 valence electrons. The van der Waals surface area contributed by atoms with E-state index in [2.05, 4.69) is 9.97 Å². The lowest BCUT2D eigenvalue weighted by Gasteiger charge is -2.34. The molecule has 23 heavy (non-hydrogen) atoms. The van der Waals surface area contributed by atoms with Crippen LogP contribution in [-0.4, -0.2) is 70.4 Å². The van der Waals surface area contributed by atoms with Crippen LogP contribution < -0.4 is 0 Å². The molecule has 3 rings (SSSR count). The first-order valence-electron chi connectivity index (χ1n) is 7.39. The molecule has 8 heteroatoms. The Labute approximate surface area is 138 Å². The summed E-state index contributed by atoms with van der Waals surface area (Å²) in [5, 5.41) is 0. The number of rotatable bonds is 3. The van der Waals surface area contributed by atoms with Gasteiger partial charge in [-0.1, -0.05) is 0 Å². The van der Waals surface area contributed by atoms with Gasteiger partial charge < -0.3 is 19.5 Å². The topological polar surface area (TPSA) is 78.5 Å². The summed E-state index contributed by atoms with van der Waals surface area (Å²) < 4.78 is 4.99. The molecule has 0 bridgehead atoms. The molecule has 0 radical (unpaired) electrons. The normalized spacial score (nSPS) is 15.0. The zero-order valence-corrected chi connectivity index (χ0v) is 13.3. The number of piperazine rings is 1. The summed E-state index contributed by atoms with van der Waals surface area (Å²) in [7, 11) is 0. The third kappa shape index (κ3) is 3.39. The molecule has 2 aromatic rings. The van der Waals surface area contributed by atoms with E-state index in [9.17, 15) is 9.59 Å². The highest BCUT2D eigenvalue weighted by Crippen LogP contribution is 2.15. The number of nitrogens with zero attached hydrogens (tertiary/aromatic N) is 3. The Morgan fingerprint density at radius 3 is 2.70 bits per heavy atom. The lowest BCUT2D eigenvalue weighted by molar-refractivity contribution is 0.0572. The van der Waals surface area contributed by atoms with Crippen molar-refractivity contribution in [3.05, 3.63) is 30.1 Å². The van der Waals surface area contributed by atoms with Gasteiger partial charge >= 0.3 is 6.09 Å². The van der Waals surface area contributed by atoms with Gasteiger partial charge in [-0.3, -0.25) is 4.79 Å². The van der Waals surface area contributed by atoms with Crippen molar-refractivity contribution in [3.8, 4) is 0 Å². The molecule has 0 saturated carbocycles. The lowest BCUT2D eigenvalue weighted by Crippen LogP contribution is -2.50. The van der Waals surface area contributed by atoms with E-state index in [0.717, 1.165) is 11.0 Å². The molecule has 1 aromatic carbocycles. The van der Waals surface area contributed by atoms with Crippen LogP contribution >= 0.6 is 11.6 Å². The number of benzene rings is 1. The Bertz CT molecular complexity index is 710. The Balaban J connectivity index is 1.60. The van der Waals surface area contributed by atoms with E-state index in [4.69, 9.17) is 16.3 Å². The van der Waals surface area contributed by atoms with Crippen molar-refractivity contribution < 1.29 is 14.3 Å². The number of carbonyl (C=O) groups is 2. The van der Waals surface area contributed by atoms with Crippen LogP contribution in [0.15, 0.2) is 24.5 Å². The Hall–Kier alpha value is -2.28. The second-order valence-corrected chi connectivity index (χ2v) is 5.60. The number of ether oxygens (including phenoxy) is 1. The highest BCUT2D eigenvalue weighted by Gasteiger charge is 2.25. The summed E-state index contributed by atoms with van der Waals surface area (Å²) in [4.78, 5) is 34.8. The first-order chi connectivity index (χ1) is 11.2. The molecule has 0 aliphatic carbocycles. The third-order valence-electron chi connectivity index (χ3n) is 3.79. The lowest BCUT2D eigenvalue weighted by atomic mass is 10.1. The Kier molecular flexibility index (Phi) is 4.66. The number of imidazole rings is 1. The summed E-state index contributed by atoms with van der Waals surface area (Å²) in [5.41, 5.74) is 2.27. The molecular weight excluding hydrogens is 320 g/mol. The number of hydrogen-bond donors (Lipinski definition) is 1. The maximum Gasteiger partial charge on any atom is 0.409 e. The number of halogens is 1. The van der Waals surface area contributed by atoms with Crippen LogP contribution in [0.3, 0.4) is 0 Å². The average Bonchev–Trinajstić information content (AvgIpc) is 3.06. The molecule has 0 spiro atoms. The van der Waals surface area contributed by atoms with Gasteiger partial charge in [-0.15, -0.1) is 11.6 Å². The van der Waals surface area contributed by atoms with Crippen LogP contribution in [0, 0.1) is 0 Å². The minimum absolute atomic E-state index is 0.0460. The average molecular weight is 337 g/mol. The number of aromatic nitrogens is 2. The van der Waals surface area contributed by atoms with Crippen molar-refractivity contribution in [3.63, 3.8) is 0 Å². The summed E-state index contributed by atoms with van der Waals surface area (Å²) in [6.45, 7) is 2.08. The number of nitrogens with one attached hydrogen (secondary N) is 1. The van der Waals surface area contributed by atoms with Crippen LogP contribution in [0.5, 0.6) is 0 Å². The molecule has 1 fully saturated rings. The maximum atomic E-state index is 12.6. The van der Waals surface area contributed by atoms with Crippen molar-refractivity contribution in [2.75, 3.05) is 38.7 Å². The number of alkyl halides is 1. The van der Waals surface area contributed by atoms with Gasteiger partial charge in [0.1, 0.15) is 6.61 Å². The van der Waals surface area contributed by atoms with Crippen molar-refractivity contribution in [1.29, 1.82) is 0 Å². The SMILES string of the molecule is O=C(OCCCl)N1CCN(C(=O)c2ccc3nc[nH]c3c2)CC1. The van der Waals surface area contributed by atoms with Gasteiger partial charge in [0, 0.05) is 31.7 Å². The van der Waals surface area contributed by atoms with Gasteiger partial charge in [0.05, 0.1) is 23.2 Å². The quantitative estimate of drug-likeness (QED) is 0.865. The fourth-order valence-corrected chi connectivity index (χ4v) is 2.64. The van der Waals surface area contributed by atoms with Crippen molar-refractivity contribution in [2.45, 2.75) is 0 Å². The van der Waals surface area contributed by atoms with Gasteiger partial charge in [0.25, 0.3) is 5.91 Å². The number of fused-ring (bicyclic) bond motifs is 1. The number of aromatic amines is 1. The van der Waals surface area contributed by atoms with Crippen molar-refractivity contribution in [2.24, 2.45) is 0 Å². The summed E-state index contributed by atoms with van der Waals surface area (Å²) in [5.74, 6) is 0.232. The molecule has 2 amide bonds. The van der Waals surface area contributed by atoms with Crippen LogP contribution in [0.25, 0.3) is 11.0 Å². The first kappa shape index (κ1) is 15.6. The molecule has 1 aliphatic rings. The zero-order valence-electron chi connectivity index (χ0n) is 12.5. The van der Waals surface area contributed by atoms with E-state index < -0.39 is 0 Å². The third-order valence-corrected chi connectivity index (χ3v) is 3.95. The number of H-pyrrole nitrogens is 1. The largest absolute Gasteiger partial charge is 0.448 e. The Morgan fingerprint density at radius 2 is 1.96 bits per heavy atom.